The topological polar surface area (TPSA) is 91.6 Å². The molecule has 2 heterocycles. The van der Waals surface area contributed by atoms with Crippen LogP contribution in [0.25, 0.3) is 10.9 Å². The SMILES string of the molecule is CCOc1ccc(N(CCC#N)C(=O)CSc2nc(CN3CCOCC3)nc3ccccc23)cc1. The van der Waals surface area contributed by atoms with E-state index in [4.69, 9.17) is 24.7 Å². The third-order valence-corrected chi connectivity index (χ3v) is 6.60. The average Bonchev–Trinajstić information content (AvgIpc) is 2.89. The molecule has 182 valence electrons. The number of morpholine rings is 1. The van der Waals surface area contributed by atoms with E-state index in [0.29, 0.717) is 32.9 Å². The molecule has 35 heavy (non-hydrogen) atoms. The van der Waals surface area contributed by atoms with Gasteiger partial charge in [0.2, 0.25) is 5.91 Å². The lowest BCUT2D eigenvalue weighted by Gasteiger charge is -2.26. The van der Waals surface area contributed by atoms with Crippen LogP contribution in [-0.2, 0) is 16.1 Å². The fraction of sp³-hybridized carbons (Fsp3) is 0.385. The van der Waals surface area contributed by atoms with Crippen LogP contribution in [0.3, 0.4) is 0 Å². The second-order valence-electron chi connectivity index (χ2n) is 8.02. The van der Waals surface area contributed by atoms with Gasteiger partial charge in [0.15, 0.2) is 0 Å². The number of fused-ring (bicyclic) bond motifs is 1. The van der Waals surface area contributed by atoms with Gasteiger partial charge in [0.05, 0.1) is 50.1 Å². The lowest BCUT2D eigenvalue weighted by Crippen LogP contribution is -2.36. The van der Waals surface area contributed by atoms with Crippen LogP contribution in [0.15, 0.2) is 53.6 Å². The van der Waals surface area contributed by atoms with E-state index in [1.54, 1.807) is 4.90 Å². The number of hydrogen-bond acceptors (Lipinski definition) is 8. The Bertz CT molecular complexity index is 1180. The Morgan fingerprint density at radius 3 is 2.69 bits per heavy atom. The van der Waals surface area contributed by atoms with E-state index in [-0.39, 0.29) is 18.1 Å². The molecule has 1 aliphatic rings. The summed E-state index contributed by atoms with van der Waals surface area (Å²) in [6, 6.07) is 17.4. The number of ether oxygens (including phenoxy) is 2. The molecule has 1 saturated heterocycles. The number of carbonyl (C=O) groups excluding carboxylic acids is 1. The van der Waals surface area contributed by atoms with E-state index < -0.39 is 0 Å². The van der Waals surface area contributed by atoms with Gasteiger partial charge in [0, 0.05) is 30.7 Å². The smallest absolute Gasteiger partial charge is 0.237 e. The summed E-state index contributed by atoms with van der Waals surface area (Å²) >= 11 is 1.41. The van der Waals surface area contributed by atoms with Crippen LogP contribution in [-0.4, -0.2) is 66.0 Å². The highest BCUT2D eigenvalue weighted by Crippen LogP contribution is 2.27. The van der Waals surface area contributed by atoms with Crippen molar-refractivity contribution in [2.45, 2.75) is 24.9 Å². The van der Waals surface area contributed by atoms with E-state index in [2.05, 4.69) is 11.0 Å². The molecule has 0 saturated carbocycles. The number of para-hydroxylation sites is 1. The Kier molecular flexibility index (Phi) is 8.90. The highest BCUT2D eigenvalue weighted by atomic mass is 32.2. The Hall–Kier alpha value is -3.19. The zero-order valence-electron chi connectivity index (χ0n) is 19.9. The number of benzene rings is 2. The van der Waals surface area contributed by atoms with Crippen LogP contribution in [0.5, 0.6) is 5.75 Å². The largest absolute Gasteiger partial charge is 0.494 e. The van der Waals surface area contributed by atoms with Crippen LogP contribution >= 0.6 is 11.8 Å². The Morgan fingerprint density at radius 2 is 1.94 bits per heavy atom. The molecule has 0 spiro atoms. The van der Waals surface area contributed by atoms with Crippen molar-refractivity contribution in [3.05, 3.63) is 54.4 Å². The van der Waals surface area contributed by atoms with Gasteiger partial charge in [-0.3, -0.25) is 9.69 Å². The maximum Gasteiger partial charge on any atom is 0.237 e. The number of nitriles is 1. The molecule has 4 rings (SSSR count). The Labute approximate surface area is 209 Å². The third-order valence-electron chi connectivity index (χ3n) is 5.62. The molecule has 1 amide bonds. The first-order valence-corrected chi connectivity index (χ1v) is 12.7. The van der Waals surface area contributed by atoms with Gasteiger partial charge in [-0.15, -0.1) is 0 Å². The quantitative estimate of drug-likeness (QED) is 0.312. The van der Waals surface area contributed by atoms with Gasteiger partial charge in [-0.25, -0.2) is 9.97 Å². The summed E-state index contributed by atoms with van der Waals surface area (Å²) in [5.41, 5.74) is 1.61. The number of anilines is 1. The number of carbonyl (C=O) groups is 1. The molecule has 2 aromatic carbocycles. The summed E-state index contributed by atoms with van der Waals surface area (Å²) in [6.07, 6.45) is 0.254. The monoisotopic (exact) mass is 491 g/mol. The number of hydrogen-bond donors (Lipinski definition) is 0. The molecule has 1 fully saturated rings. The van der Waals surface area contributed by atoms with Gasteiger partial charge in [-0.2, -0.15) is 5.26 Å². The van der Waals surface area contributed by atoms with Crippen LogP contribution in [0, 0.1) is 11.3 Å². The zero-order valence-corrected chi connectivity index (χ0v) is 20.7. The summed E-state index contributed by atoms with van der Waals surface area (Å²) in [6.45, 7) is 6.62. The first-order chi connectivity index (χ1) is 17.2. The molecule has 3 aromatic rings. The van der Waals surface area contributed by atoms with E-state index in [1.165, 1.54) is 11.8 Å². The molecule has 1 aliphatic heterocycles. The van der Waals surface area contributed by atoms with Crippen molar-refractivity contribution in [2.75, 3.05) is 50.1 Å². The minimum absolute atomic E-state index is 0.0770. The van der Waals surface area contributed by atoms with Gasteiger partial charge < -0.3 is 14.4 Å². The maximum absolute atomic E-state index is 13.3. The number of rotatable bonds is 10. The molecular formula is C26H29N5O3S. The van der Waals surface area contributed by atoms with Gasteiger partial charge in [-0.05, 0) is 37.3 Å². The Morgan fingerprint density at radius 1 is 1.17 bits per heavy atom. The van der Waals surface area contributed by atoms with Gasteiger partial charge in [0.1, 0.15) is 16.6 Å². The minimum atomic E-state index is -0.0770. The lowest BCUT2D eigenvalue weighted by molar-refractivity contribution is -0.116. The van der Waals surface area contributed by atoms with Gasteiger partial charge >= 0.3 is 0 Å². The van der Waals surface area contributed by atoms with Crippen molar-refractivity contribution >= 4 is 34.3 Å². The molecule has 0 N–H and O–H groups in total. The fourth-order valence-electron chi connectivity index (χ4n) is 3.89. The highest BCUT2D eigenvalue weighted by Gasteiger charge is 2.19. The standard InChI is InChI=1S/C26H29N5O3S/c1-2-34-21-10-8-20(9-11-21)31(13-5-12-27)25(32)19-35-26-22-6-3-4-7-23(22)28-24(29-26)18-30-14-16-33-17-15-30/h3-4,6-11H,2,5,13-19H2,1H3. The number of amides is 1. The molecule has 0 radical (unpaired) electrons. The van der Waals surface area contributed by atoms with Crippen molar-refractivity contribution in [1.29, 1.82) is 5.26 Å². The molecule has 1 aromatic heterocycles. The average molecular weight is 492 g/mol. The third kappa shape index (κ3) is 6.69. The molecule has 8 nitrogen and oxygen atoms in total. The number of aromatic nitrogens is 2. The second kappa shape index (κ2) is 12.5. The van der Waals surface area contributed by atoms with Crippen molar-refractivity contribution in [1.82, 2.24) is 14.9 Å². The lowest BCUT2D eigenvalue weighted by atomic mass is 10.2. The zero-order chi connectivity index (χ0) is 24.5. The first kappa shape index (κ1) is 24.9. The van der Waals surface area contributed by atoms with E-state index in [9.17, 15) is 4.79 Å². The normalized spacial score (nSPS) is 13.9. The Balaban J connectivity index is 1.51. The van der Waals surface area contributed by atoms with E-state index in [1.807, 2.05) is 55.5 Å². The van der Waals surface area contributed by atoms with Crippen LogP contribution < -0.4 is 9.64 Å². The highest BCUT2D eigenvalue weighted by molar-refractivity contribution is 8.00. The molecule has 0 bridgehead atoms. The van der Waals surface area contributed by atoms with Crippen molar-refractivity contribution in [3.63, 3.8) is 0 Å². The van der Waals surface area contributed by atoms with E-state index in [0.717, 1.165) is 46.3 Å². The fourth-order valence-corrected chi connectivity index (χ4v) is 4.80. The molecule has 0 aliphatic carbocycles. The molecule has 9 heteroatoms. The minimum Gasteiger partial charge on any atom is -0.494 e. The number of thioether (sulfide) groups is 1. The van der Waals surface area contributed by atoms with Crippen LogP contribution in [0.4, 0.5) is 5.69 Å². The number of nitrogens with zero attached hydrogens (tertiary/aromatic N) is 5. The van der Waals surface area contributed by atoms with Gasteiger partial charge in [0.25, 0.3) is 0 Å². The molecular weight excluding hydrogens is 462 g/mol. The maximum atomic E-state index is 13.3. The van der Waals surface area contributed by atoms with E-state index >= 15 is 0 Å². The van der Waals surface area contributed by atoms with Crippen molar-refractivity contribution < 1.29 is 14.3 Å². The predicted octanol–water partition coefficient (Wildman–Crippen LogP) is 3.90. The van der Waals surface area contributed by atoms with Crippen molar-refractivity contribution in [3.8, 4) is 11.8 Å². The summed E-state index contributed by atoms with van der Waals surface area (Å²) in [5, 5.41) is 10.8. The first-order valence-electron chi connectivity index (χ1n) is 11.8. The second-order valence-corrected chi connectivity index (χ2v) is 8.98. The van der Waals surface area contributed by atoms with Crippen LogP contribution in [0.1, 0.15) is 19.2 Å². The van der Waals surface area contributed by atoms with Crippen molar-refractivity contribution in [2.24, 2.45) is 0 Å². The van der Waals surface area contributed by atoms with Gasteiger partial charge in [-0.1, -0.05) is 30.0 Å². The summed E-state index contributed by atoms with van der Waals surface area (Å²) in [7, 11) is 0. The molecule has 0 atom stereocenters. The molecule has 0 unspecified atom stereocenters. The summed E-state index contributed by atoms with van der Waals surface area (Å²) < 4.78 is 11.0. The summed E-state index contributed by atoms with van der Waals surface area (Å²) in [5.74, 6) is 1.62. The predicted molar refractivity (Wildman–Crippen MR) is 137 cm³/mol. The summed E-state index contributed by atoms with van der Waals surface area (Å²) in [4.78, 5) is 26.8. The van der Waals surface area contributed by atoms with Crippen LogP contribution in [0.2, 0.25) is 0 Å².